The zero-order chi connectivity index (χ0) is 12.4. The lowest BCUT2D eigenvalue weighted by Gasteiger charge is -2.06. The van der Waals surface area contributed by atoms with Crippen molar-refractivity contribution in [2.75, 3.05) is 11.5 Å². The van der Waals surface area contributed by atoms with Crippen LogP contribution >= 0.6 is 37.0 Å². The topological polar surface area (TPSA) is 52.0 Å². The minimum atomic E-state index is 0.678. The van der Waals surface area contributed by atoms with E-state index in [1.807, 2.05) is 36.4 Å². The summed E-state index contributed by atoms with van der Waals surface area (Å²) in [6.07, 6.45) is 0. The molecule has 4 N–H and O–H groups in total. The summed E-state index contributed by atoms with van der Waals surface area (Å²) in [5.74, 6) is 0. The predicted molar refractivity (Wildman–Crippen MR) is 80.3 cm³/mol. The molecule has 0 saturated heterocycles. The van der Waals surface area contributed by atoms with Gasteiger partial charge in [-0.15, -0.1) is 25.3 Å². The van der Waals surface area contributed by atoms with Crippen LogP contribution in [0.3, 0.4) is 0 Å². The van der Waals surface area contributed by atoms with Gasteiger partial charge in [-0.25, -0.2) is 0 Å². The van der Waals surface area contributed by atoms with Crippen molar-refractivity contribution >= 4 is 48.4 Å². The van der Waals surface area contributed by atoms with Gasteiger partial charge in [0.25, 0.3) is 0 Å². The van der Waals surface area contributed by atoms with Crippen LogP contribution in [-0.4, -0.2) is 0 Å². The van der Waals surface area contributed by atoms with Crippen molar-refractivity contribution in [3.63, 3.8) is 0 Å². The first-order valence-electron chi connectivity index (χ1n) is 4.91. The summed E-state index contributed by atoms with van der Waals surface area (Å²) in [5.41, 5.74) is 13.0. The third kappa shape index (κ3) is 3.06. The van der Waals surface area contributed by atoms with Gasteiger partial charge in [0.2, 0.25) is 0 Å². The maximum atomic E-state index is 5.80. The molecule has 2 aromatic rings. The van der Waals surface area contributed by atoms with Crippen molar-refractivity contribution in [1.82, 2.24) is 0 Å². The number of nitrogens with two attached hydrogens (primary N) is 2. The van der Waals surface area contributed by atoms with E-state index >= 15 is 0 Å². The van der Waals surface area contributed by atoms with Gasteiger partial charge in [0.15, 0.2) is 0 Å². The molecule has 0 spiro atoms. The van der Waals surface area contributed by atoms with E-state index in [-0.39, 0.29) is 0 Å². The minimum Gasteiger partial charge on any atom is -0.398 e. The van der Waals surface area contributed by atoms with Gasteiger partial charge in [0.05, 0.1) is 0 Å². The largest absolute Gasteiger partial charge is 0.398 e. The Kier molecular flexibility index (Phi) is 3.81. The lowest BCUT2D eigenvalue weighted by molar-refractivity contribution is 1.33. The maximum absolute atomic E-state index is 5.80. The standard InChI is InChI=1S/C12H12N2S3/c13-9-5-7(1-3-11(9)15)17-8-2-4-12(16)10(14)6-8/h1-6,15-16H,13-14H2. The van der Waals surface area contributed by atoms with Crippen LogP contribution in [0.4, 0.5) is 11.4 Å². The minimum absolute atomic E-state index is 0.678. The smallest absolute Gasteiger partial charge is 0.0460 e. The normalized spacial score (nSPS) is 10.5. The van der Waals surface area contributed by atoms with Crippen LogP contribution in [0.25, 0.3) is 0 Å². The molecular weight excluding hydrogens is 268 g/mol. The monoisotopic (exact) mass is 280 g/mol. The zero-order valence-electron chi connectivity index (χ0n) is 8.92. The molecule has 0 heterocycles. The molecule has 0 aliphatic rings. The molecule has 0 radical (unpaired) electrons. The van der Waals surface area contributed by atoms with Crippen LogP contribution in [0.2, 0.25) is 0 Å². The van der Waals surface area contributed by atoms with E-state index in [1.54, 1.807) is 11.8 Å². The predicted octanol–water partition coefficient (Wildman–Crippen LogP) is 3.58. The first-order valence-corrected chi connectivity index (χ1v) is 6.62. The average Bonchev–Trinajstić information content (AvgIpc) is 2.29. The van der Waals surface area contributed by atoms with Gasteiger partial charge in [-0.05, 0) is 36.4 Å². The number of hydrogen-bond acceptors (Lipinski definition) is 5. The van der Waals surface area contributed by atoms with Gasteiger partial charge in [0.1, 0.15) is 0 Å². The van der Waals surface area contributed by atoms with E-state index in [2.05, 4.69) is 25.3 Å². The molecule has 17 heavy (non-hydrogen) atoms. The third-order valence-electron chi connectivity index (χ3n) is 2.23. The summed E-state index contributed by atoms with van der Waals surface area (Å²) in [7, 11) is 0. The highest BCUT2D eigenvalue weighted by Gasteiger charge is 2.02. The molecule has 2 nitrogen and oxygen atoms in total. The Bertz CT molecular complexity index is 506. The number of thiol groups is 2. The van der Waals surface area contributed by atoms with Crippen molar-refractivity contribution < 1.29 is 0 Å². The van der Waals surface area contributed by atoms with E-state index in [0.29, 0.717) is 11.4 Å². The quantitative estimate of drug-likeness (QED) is 0.502. The van der Waals surface area contributed by atoms with Gasteiger partial charge >= 0.3 is 0 Å². The van der Waals surface area contributed by atoms with E-state index < -0.39 is 0 Å². The lowest BCUT2D eigenvalue weighted by Crippen LogP contribution is -1.88. The second-order valence-electron chi connectivity index (χ2n) is 3.54. The molecule has 0 fully saturated rings. The van der Waals surface area contributed by atoms with Gasteiger partial charge in [0, 0.05) is 31.0 Å². The number of anilines is 2. The Hall–Kier alpha value is -0.910. The van der Waals surface area contributed by atoms with Crippen LogP contribution < -0.4 is 11.5 Å². The van der Waals surface area contributed by atoms with Gasteiger partial charge in [-0.1, -0.05) is 11.8 Å². The fraction of sp³-hybridized carbons (Fsp3) is 0. The summed E-state index contributed by atoms with van der Waals surface area (Å²) in [5, 5.41) is 0. The lowest BCUT2D eigenvalue weighted by atomic mass is 10.3. The number of rotatable bonds is 2. The molecule has 0 bridgehead atoms. The van der Waals surface area contributed by atoms with E-state index in [9.17, 15) is 0 Å². The molecule has 0 amide bonds. The molecule has 2 aromatic carbocycles. The highest BCUT2D eigenvalue weighted by Crippen LogP contribution is 2.33. The molecule has 0 aliphatic heterocycles. The van der Waals surface area contributed by atoms with Crippen LogP contribution in [0.1, 0.15) is 0 Å². The van der Waals surface area contributed by atoms with E-state index in [4.69, 9.17) is 11.5 Å². The van der Waals surface area contributed by atoms with Crippen LogP contribution in [0.15, 0.2) is 56.0 Å². The van der Waals surface area contributed by atoms with Crippen molar-refractivity contribution in [1.29, 1.82) is 0 Å². The fourth-order valence-corrected chi connectivity index (χ4v) is 2.52. The Morgan fingerprint density at radius 2 is 1.18 bits per heavy atom. The molecule has 0 atom stereocenters. The highest BCUT2D eigenvalue weighted by molar-refractivity contribution is 7.99. The Balaban J connectivity index is 2.25. The molecule has 2 rings (SSSR count). The van der Waals surface area contributed by atoms with Gasteiger partial charge in [-0.3, -0.25) is 0 Å². The highest BCUT2D eigenvalue weighted by atomic mass is 32.2. The number of nitrogen functional groups attached to an aromatic ring is 2. The molecule has 0 unspecified atom stereocenters. The molecule has 88 valence electrons. The van der Waals surface area contributed by atoms with Crippen molar-refractivity contribution in [2.24, 2.45) is 0 Å². The summed E-state index contributed by atoms with van der Waals surface area (Å²) in [6, 6.07) is 11.5. The van der Waals surface area contributed by atoms with Crippen LogP contribution in [0, 0.1) is 0 Å². The van der Waals surface area contributed by atoms with Gasteiger partial charge < -0.3 is 11.5 Å². The second kappa shape index (κ2) is 5.16. The van der Waals surface area contributed by atoms with Crippen molar-refractivity contribution in [2.45, 2.75) is 19.6 Å². The average molecular weight is 280 g/mol. The van der Waals surface area contributed by atoms with E-state index in [1.165, 1.54) is 0 Å². The number of benzene rings is 2. The summed E-state index contributed by atoms with van der Waals surface area (Å²) in [4.78, 5) is 3.71. The van der Waals surface area contributed by atoms with Crippen LogP contribution in [-0.2, 0) is 0 Å². The van der Waals surface area contributed by atoms with Crippen molar-refractivity contribution in [3.8, 4) is 0 Å². The van der Waals surface area contributed by atoms with Crippen molar-refractivity contribution in [3.05, 3.63) is 36.4 Å². The van der Waals surface area contributed by atoms with Crippen LogP contribution in [0.5, 0.6) is 0 Å². The number of hydrogen-bond donors (Lipinski definition) is 4. The Morgan fingerprint density at radius 1 is 0.765 bits per heavy atom. The van der Waals surface area contributed by atoms with Gasteiger partial charge in [-0.2, -0.15) is 0 Å². The molecular formula is C12H12N2S3. The summed E-state index contributed by atoms with van der Waals surface area (Å²) >= 11 is 10.1. The molecule has 5 heteroatoms. The first-order chi connectivity index (χ1) is 8.06. The molecule has 0 aromatic heterocycles. The first kappa shape index (κ1) is 12.5. The second-order valence-corrected chi connectivity index (χ2v) is 5.65. The summed E-state index contributed by atoms with van der Waals surface area (Å²) < 4.78 is 0. The Morgan fingerprint density at radius 3 is 1.53 bits per heavy atom. The third-order valence-corrected chi connectivity index (χ3v) is 4.03. The summed E-state index contributed by atoms with van der Waals surface area (Å²) in [6.45, 7) is 0. The Labute approximate surface area is 116 Å². The SMILES string of the molecule is Nc1cc(Sc2ccc(S)c(N)c2)ccc1S. The molecule has 0 aliphatic carbocycles. The van der Waals surface area contributed by atoms with E-state index in [0.717, 1.165) is 19.6 Å². The maximum Gasteiger partial charge on any atom is 0.0460 e. The fourth-order valence-electron chi connectivity index (χ4n) is 1.33. The molecule has 0 saturated carbocycles. The zero-order valence-corrected chi connectivity index (χ0v) is 11.5.